The predicted molar refractivity (Wildman–Crippen MR) is 161 cm³/mol. The Morgan fingerprint density at radius 1 is 0.868 bits per heavy atom. The molecule has 0 radical (unpaired) electrons. The summed E-state index contributed by atoms with van der Waals surface area (Å²) in [5.41, 5.74) is 10.1. The van der Waals surface area contributed by atoms with E-state index in [1.54, 1.807) is 0 Å². The van der Waals surface area contributed by atoms with Gasteiger partial charge in [-0.2, -0.15) is 41.5 Å². The van der Waals surface area contributed by atoms with Crippen LogP contribution >= 0.6 is 0 Å². The van der Waals surface area contributed by atoms with Gasteiger partial charge < -0.3 is 0 Å². The molecule has 1 heteroatoms. The molecule has 190 valence electrons. The van der Waals surface area contributed by atoms with Gasteiger partial charge in [0.15, 0.2) is 0 Å². The molecule has 4 aromatic carbocycles. The third-order valence-corrected chi connectivity index (χ3v) is 8.01. The van der Waals surface area contributed by atoms with Gasteiger partial charge in [0, 0.05) is 0 Å². The molecule has 38 heavy (non-hydrogen) atoms. The van der Waals surface area contributed by atoms with Crippen LogP contribution in [0.1, 0.15) is 64.2 Å². The summed E-state index contributed by atoms with van der Waals surface area (Å²) in [6.07, 6.45) is 9.33. The monoisotopic (exact) mass is 572 g/mol. The van der Waals surface area contributed by atoms with Crippen LogP contribution in [0.4, 0.5) is 0 Å². The van der Waals surface area contributed by atoms with Crippen molar-refractivity contribution in [1.29, 1.82) is 0 Å². The minimum Gasteiger partial charge on any atom is -0.179 e. The molecule has 0 nitrogen and oxygen atoms in total. The van der Waals surface area contributed by atoms with Gasteiger partial charge in [-0.3, -0.25) is 6.08 Å². The minimum absolute atomic E-state index is 0.294. The van der Waals surface area contributed by atoms with Crippen molar-refractivity contribution in [3.8, 4) is 11.1 Å². The van der Waals surface area contributed by atoms with Crippen molar-refractivity contribution in [1.82, 2.24) is 0 Å². The first-order valence-corrected chi connectivity index (χ1v) is 15.2. The summed E-state index contributed by atoms with van der Waals surface area (Å²) in [7, 11) is 0. The number of rotatable bonds is 3. The van der Waals surface area contributed by atoms with E-state index in [0.717, 1.165) is 12.8 Å². The third kappa shape index (κ3) is 6.68. The fourth-order valence-corrected chi connectivity index (χ4v) is 5.85. The quantitative estimate of drug-likeness (QED) is 0.188. The maximum absolute atomic E-state index is 3.57. The number of allylic oxidation sites excluding steroid dienone is 4. The van der Waals surface area contributed by atoms with Gasteiger partial charge in [0.25, 0.3) is 0 Å². The summed E-state index contributed by atoms with van der Waals surface area (Å²) in [4.78, 5) is 0. The van der Waals surface area contributed by atoms with Crippen molar-refractivity contribution in [3.05, 3.63) is 131 Å². The van der Waals surface area contributed by atoms with E-state index in [-0.39, 0.29) is 0 Å². The fraction of sp³-hybridized carbons (Fsp3) is 0.270. The van der Waals surface area contributed by atoms with Crippen molar-refractivity contribution in [2.75, 3.05) is 0 Å². The molecular formula is C37H38Zr. The second-order valence-electron chi connectivity index (χ2n) is 10.9. The van der Waals surface area contributed by atoms with E-state index < -0.39 is 0 Å². The van der Waals surface area contributed by atoms with E-state index >= 15 is 0 Å². The third-order valence-electron chi connectivity index (χ3n) is 7.25. The topological polar surface area (TPSA) is 0 Å². The number of hydrogen-bond acceptors (Lipinski definition) is 0. The zero-order chi connectivity index (χ0) is 27.1. The molecule has 0 heterocycles. The Balaban J connectivity index is 0.000000133. The summed E-state index contributed by atoms with van der Waals surface area (Å²) < 4.78 is 2.23. The van der Waals surface area contributed by atoms with Crippen LogP contribution < -0.4 is 0 Å². The molecule has 0 amide bonds. The normalized spacial score (nSPS) is 15.3. The van der Waals surface area contributed by atoms with Crippen LogP contribution in [0.3, 0.4) is 0 Å². The first-order valence-electron chi connectivity index (χ1n) is 13.8. The summed E-state index contributed by atoms with van der Waals surface area (Å²) in [5, 5.41) is 2.69. The Kier molecular flexibility index (Phi) is 9.67. The fourth-order valence-electron chi connectivity index (χ4n) is 5.23. The standard InChI is InChI=1S/C13H9.C13H21.C11H8.Zr/c1-3-7-12-10(5-1)9-11-6-2-4-8-13(11)12;1-6-10-8-11(7-2)12(9-10)13(3,4)5;1-9-5-4-7-10-6-2-3-8-11(9)10;/h1-5,7-8H,9H2;9-10H,6-7H2,1-5H3;1-8H;/q2*-1;;+2. The van der Waals surface area contributed by atoms with Crippen LogP contribution in [0.25, 0.3) is 21.9 Å². The van der Waals surface area contributed by atoms with E-state index in [1.165, 1.54) is 80.4 Å². The second-order valence-corrected chi connectivity index (χ2v) is 11.6. The van der Waals surface area contributed by atoms with E-state index in [0.29, 0.717) is 11.3 Å². The van der Waals surface area contributed by atoms with E-state index in [9.17, 15) is 0 Å². The number of fused-ring (bicyclic) bond motifs is 4. The summed E-state index contributed by atoms with van der Waals surface area (Å²) in [6, 6.07) is 33.0. The van der Waals surface area contributed by atoms with Crippen LogP contribution in [0.5, 0.6) is 0 Å². The van der Waals surface area contributed by atoms with Crippen LogP contribution in [0.15, 0.2) is 102 Å². The Labute approximate surface area is 244 Å². The van der Waals surface area contributed by atoms with E-state index in [1.807, 2.05) is 6.07 Å². The first kappa shape index (κ1) is 28.4. The molecule has 0 aromatic heterocycles. The van der Waals surface area contributed by atoms with Gasteiger partial charge in [-0.1, -0.05) is 94.2 Å². The Morgan fingerprint density at radius 3 is 2.29 bits per heavy atom. The van der Waals surface area contributed by atoms with Gasteiger partial charge in [0.1, 0.15) is 0 Å². The van der Waals surface area contributed by atoms with Gasteiger partial charge in [-0.05, 0) is 6.42 Å². The van der Waals surface area contributed by atoms with Gasteiger partial charge in [0.05, 0.1) is 0 Å². The largest absolute Gasteiger partial charge is 0.179 e. The summed E-state index contributed by atoms with van der Waals surface area (Å²) in [6.45, 7) is 11.3. The van der Waals surface area contributed by atoms with Crippen molar-refractivity contribution >= 4 is 14.5 Å². The van der Waals surface area contributed by atoms with Crippen molar-refractivity contribution in [3.63, 3.8) is 0 Å². The van der Waals surface area contributed by atoms with Crippen LogP contribution in [-0.4, -0.2) is 3.71 Å². The van der Waals surface area contributed by atoms with Crippen molar-refractivity contribution < 1.29 is 24.2 Å². The molecule has 0 saturated carbocycles. The molecule has 0 bridgehead atoms. The van der Waals surface area contributed by atoms with E-state index in [2.05, 4.69) is 135 Å². The van der Waals surface area contributed by atoms with Gasteiger partial charge in [-0.15, -0.1) is 5.56 Å². The molecule has 0 spiro atoms. The molecule has 2 aliphatic carbocycles. The molecule has 0 N–H and O–H groups in total. The zero-order valence-electron chi connectivity index (χ0n) is 23.4. The molecule has 1 unspecified atom stereocenters. The number of benzene rings is 4. The first-order chi connectivity index (χ1) is 18.4. The van der Waals surface area contributed by atoms with Crippen LogP contribution in [-0.2, 0) is 30.7 Å². The van der Waals surface area contributed by atoms with Gasteiger partial charge >= 0.3 is 86.7 Å². The Hall–Kier alpha value is -2.63. The molecule has 0 saturated heterocycles. The molecule has 6 rings (SSSR count). The molecule has 0 fully saturated rings. The average Bonchev–Trinajstić information content (AvgIpc) is 3.55. The smallest absolute Gasteiger partial charge is 0.0253 e. The Bertz CT molecular complexity index is 1410. The predicted octanol–water partition coefficient (Wildman–Crippen LogP) is 9.73. The maximum atomic E-state index is 3.57. The Morgan fingerprint density at radius 2 is 1.58 bits per heavy atom. The molecule has 4 aromatic rings. The summed E-state index contributed by atoms with van der Waals surface area (Å²) in [5.74, 6) is 0.573. The van der Waals surface area contributed by atoms with Crippen LogP contribution in [0, 0.1) is 23.5 Å². The zero-order valence-corrected chi connectivity index (χ0v) is 25.9. The minimum atomic E-state index is 0.294. The SMILES string of the molecule is CCC1=[C-]C(CC)C=C1C(C)(C)C.[Zr+2]=[CH]c1cccc2ccccc12.[c-]1cccc2c1Cc1ccccc1-2. The molecule has 2 aliphatic rings. The second kappa shape index (κ2) is 12.9. The number of hydrogen-bond donors (Lipinski definition) is 0. The van der Waals surface area contributed by atoms with Crippen molar-refractivity contribution in [2.24, 2.45) is 11.3 Å². The van der Waals surface area contributed by atoms with Gasteiger partial charge in [-0.25, -0.2) is 5.57 Å². The van der Waals surface area contributed by atoms with Gasteiger partial charge in [0.2, 0.25) is 0 Å². The summed E-state index contributed by atoms with van der Waals surface area (Å²) >= 11 is 1.46. The van der Waals surface area contributed by atoms with Crippen LogP contribution in [0.2, 0.25) is 0 Å². The molecular weight excluding hydrogens is 536 g/mol. The molecule has 0 aliphatic heterocycles. The average molecular weight is 574 g/mol. The molecule has 1 atom stereocenters. The maximum Gasteiger partial charge on any atom is -0.0253 e. The van der Waals surface area contributed by atoms with E-state index in [4.69, 9.17) is 0 Å². The van der Waals surface area contributed by atoms with Crippen molar-refractivity contribution in [2.45, 2.75) is 53.9 Å².